The number of carboxylic acid groups (broad SMARTS) is 1. The van der Waals surface area contributed by atoms with Crippen LogP contribution in [0.2, 0.25) is 0 Å². The molecule has 1 aliphatic rings. The second kappa shape index (κ2) is 8.48. The third-order valence-electron chi connectivity index (χ3n) is 4.04. The Labute approximate surface area is 151 Å². The standard InChI is InChI=1S/C18H24O8/c1-9(2)17(23)24-8-11-4-5-13(10(3)6-11)25-18-15(20)12(19)7-14(26-18)16(21)22/h4-6,9,12,14-15,18-20H,7-8H2,1-3H3,(H,21,22)/t12?,14?,15-,18?/m1/s1. The Bertz CT molecular complexity index is 657. The van der Waals surface area contributed by atoms with Crippen molar-refractivity contribution in [3.8, 4) is 5.75 Å². The lowest BCUT2D eigenvalue weighted by atomic mass is 10.0. The van der Waals surface area contributed by atoms with E-state index in [1.165, 1.54) is 0 Å². The van der Waals surface area contributed by atoms with Crippen LogP contribution in [-0.4, -0.2) is 51.9 Å². The van der Waals surface area contributed by atoms with Gasteiger partial charge in [-0.1, -0.05) is 19.9 Å². The quantitative estimate of drug-likeness (QED) is 0.636. The molecule has 3 N–H and O–H groups in total. The molecule has 0 amide bonds. The van der Waals surface area contributed by atoms with Crippen molar-refractivity contribution in [2.75, 3.05) is 0 Å². The van der Waals surface area contributed by atoms with Gasteiger partial charge < -0.3 is 29.5 Å². The first-order chi connectivity index (χ1) is 12.2. The summed E-state index contributed by atoms with van der Waals surface area (Å²) in [4.78, 5) is 22.6. The summed E-state index contributed by atoms with van der Waals surface area (Å²) in [5.74, 6) is -1.37. The molecule has 0 saturated carbocycles. The smallest absolute Gasteiger partial charge is 0.333 e. The van der Waals surface area contributed by atoms with Gasteiger partial charge in [-0.15, -0.1) is 0 Å². The molecule has 1 aromatic rings. The average molecular weight is 368 g/mol. The molecule has 8 heteroatoms. The van der Waals surface area contributed by atoms with Gasteiger partial charge in [0.2, 0.25) is 6.29 Å². The van der Waals surface area contributed by atoms with Crippen molar-refractivity contribution in [1.29, 1.82) is 0 Å². The fourth-order valence-corrected chi connectivity index (χ4v) is 2.47. The summed E-state index contributed by atoms with van der Waals surface area (Å²) in [6.07, 6.45) is -5.40. The van der Waals surface area contributed by atoms with E-state index < -0.39 is 30.6 Å². The Morgan fingerprint density at radius 1 is 1.31 bits per heavy atom. The number of aliphatic hydroxyl groups is 2. The van der Waals surface area contributed by atoms with Crippen molar-refractivity contribution >= 4 is 11.9 Å². The number of hydrogen-bond acceptors (Lipinski definition) is 7. The number of aryl methyl sites for hydroxylation is 1. The second-order valence-electron chi connectivity index (χ2n) is 6.61. The zero-order chi connectivity index (χ0) is 19.4. The van der Waals surface area contributed by atoms with Crippen LogP contribution in [0.25, 0.3) is 0 Å². The van der Waals surface area contributed by atoms with E-state index in [1.54, 1.807) is 39.0 Å². The summed E-state index contributed by atoms with van der Waals surface area (Å²) in [6.45, 7) is 5.38. The zero-order valence-electron chi connectivity index (χ0n) is 14.9. The van der Waals surface area contributed by atoms with Gasteiger partial charge in [0.05, 0.1) is 12.0 Å². The SMILES string of the molecule is Cc1cc(COC(=O)C(C)C)ccc1OC1OC(C(=O)O)CC(O)[C@H]1O. The molecular weight excluding hydrogens is 344 g/mol. The number of carbonyl (C=O) groups is 2. The molecule has 0 aromatic heterocycles. The summed E-state index contributed by atoms with van der Waals surface area (Å²) < 4.78 is 16.0. The molecule has 1 aromatic carbocycles. The molecule has 2 rings (SSSR count). The van der Waals surface area contributed by atoms with Crippen LogP contribution in [0.15, 0.2) is 18.2 Å². The van der Waals surface area contributed by atoms with E-state index in [4.69, 9.17) is 19.3 Å². The van der Waals surface area contributed by atoms with Gasteiger partial charge in [0.15, 0.2) is 6.10 Å². The molecule has 8 nitrogen and oxygen atoms in total. The highest BCUT2D eigenvalue weighted by Crippen LogP contribution is 2.27. The monoisotopic (exact) mass is 368 g/mol. The van der Waals surface area contributed by atoms with Crippen molar-refractivity contribution in [3.63, 3.8) is 0 Å². The normalized spacial score (nSPS) is 25.8. The largest absolute Gasteiger partial charge is 0.479 e. The first-order valence-electron chi connectivity index (χ1n) is 8.36. The highest BCUT2D eigenvalue weighted by molar-refractivity contribution is 5.72. The summed E-state index contributed by atoms with van der Waals surface area (Å²) in [5.41, 5.74) is 1.45. The van der Waals surface area contributed by atoms with E-state index >= 15 is 0 Å². The molecule has 26 heavy (non-hydrogen) atoms. The van der Waals surface area contributed by atoms with Crippen LogP contribution in [0.4, 0.5) is 0 Å². The van der Waals surface area contributed by atoms with Crippen LogP contribution in [0, 0.1) is 12.8 Å². The maximum atomic E-state index is 11.5. The number of carbonyl (C=O) groups excluding carboxylic acids is 1. The number of hydrogen-bond donors (Lipinski definition) is 3. The molecular formula is C18H24O8. The third kappa shape index (κ3) is 4.94. The Hall–Kier alpha value is -2.16. The number of benzene rings is 1. The number of ether oxygens (including phenoxy) is 3. The summed E-state index contributed by atoms with van der Waals surface area (Å²) in [7, 11) is 0. The minimum Gasteiger partial charge on any atom is -0.479 e. The molecule has 1 saturated heterocycles. The van der Waals surface area contributed by atoms with Crippen molar-refractivity contribution in [2.24, 2.45) is 5.92 Å². The van der Waals surface area contributed by atoms with E-state index in [0.717, 1.165) is 5.56 Å². The predicted octanol–water partition coefficient (Wildman–Crippen LogP) is 0.994. The molecule has 0 bridgehead atoms. The summed E-state index contributed by atoms with van der Waals surface area (Å²) in [6, 6.07) is 5.06. The second-order valence-corrected chi connectivity index (χ2v) is 6.61. The van der Waals surface area contributed by atoms with Crippen molar-refractivity contribution in [2.45, 2.75) is 58.4 Å². The van der Waals surface area contributed by atoms with E-state index in [0.29, 0.717) is 11.3 Å². The van der Waals surface area contributed by atoms with Crippen LogP contribution in [0.3, 0.4) is 0 Å². The van der Waals surface area contributed by atoms with Gasteiger partial charge in [-0.3, -0.25) is 4.79 Å². The fourth-order valence-electron chi connectivity index (χ4n) is 2.47. The summed E-state index contributed by atoms with van der Waals surface area (Å²) in [5, 5.41) is 28.8. The number of aliphatic hydroxyl groups excluding tert-OH is 2. The van der Waals surface area contributed by atoms with Crippen LogP contribution >= 0.6 is 0 Å². The van der Waals surface area contributed by atoms with Gasteiger partial charge in [0.1, 0.15) is 18.5 Å². The molecule has 3 unspecified atom stereocenters. The Morgan fingerprint density at radius 3 is 2.58 bits per heavy atom. The maximum absolute atomic E-state index is 11.5. The van der Waals surface area contributed by atoms with Gasteiger partial charge in [-0.05, 0) is 30.2 Å². The zero-order valence-corrected chi connectivity index (χ0v) is 14.9. The first-order valence-corrected chi connectivity index (χ1v) is 8.36. The third-order valence-corrected chi connectivity index (χ3v) is 4.04. The average Bonchev–Trinajstić information content (AvgIpc) is 2.58. The van der Waals surface area contributed by atoms with Crippen LogP contribution in [0.1, 0.15) is 31.4 Å². The van der Waals surface area contributed by atoms with E-state index in [-0.39, 0.29) is 24.9 Å². The topological polar surface area (TPSA) is 123 Å². The van der Waals surface area contributed by atoms with E-state index in [2.05, 4.69) is 0 Å². The minimum atomic E-state index is -1.36. The molecule has 0 aliphatic carbocycles. The van der Waals surface area contributed by atoms with Crippen LogP contribution in [-0.2, 0) is 25.7 Å². The molecule has 1 aliphatic heterocycles. The number of rotatable bonds is 6. The minimum absolute atomic E-state index is 0.125. The molecule has 1 fully saturated rings. The van der Waals surface area contributed by atoms with E-state index in [9.17, 15) is 19.8 Å². The van der Waals surface area contributed by atoms with E-state index in [1.807, 2.05) is 0 Å². The fraction of sp³-hybridized carbons (Fsp3) is 0.556. The van der Waals surface area contributed by atoms with Crippen LogP contribution in [0.5, 0.6) is 5.75 Å². The van der Waals surface area contributed by atoms with Gasteiger partial charge in [-0.25, -0.2) is 4.79 Å². The Morgan fingerprint density at radius 2 is 2.00 bits per heavy atom. The van der Waals surface area contributed by atoms with Gasteiger partial charge >= 0.3 is 11.9 Å². The molecule has 4 atom stereocenters. The number of carboxylic acids is 1. The molecule has 0 radical (unpaired) electrons. The van der Waals surface area contributed by atoms with Gasteiger partial charge in [0, 0.05) is 6.42 Å². The first kappa shape index (κ1) is 20.2. The number of esters is 1. The highest BCUT2D eigenvalue weighted by atomic mass is 16.7. The van der Waals surface area contributed by atoms with Gasteiger partial charge in [0.25, 0.3) is 0 Å². The Kier molecular flexibility index (Phi) is 6.57. The lowest BCUT2D eigenvalue weighted by Crippen LogP contribution is -2.52. The molecule has 0 spiro atoms. The van der Waals surface area contributed by atoms with Crippen molar-refractivity contribution in [1.82, 2.24) is 0 Å². The van der Waals surface area contributed by atoms with Gasteiger partial charge in [-0.2, -0.15) is 0 Å². The maximum Gasteiger partial charge on any atom is 0.333 e. The predicted molar refractivity (Wildman–Crippen MR) is 89.4 cm³/mol. The van der Waals surface area contributed by atoms with Crippen molar-refractivity contribution in [3.05, 3.63) is 29.3 Å². The van der Waals surface area contributed by atoms with Crippen molar-refractivity contribution < 1.29 is 39.1 Å². The lowest BCUT2D eigenvalue weighted by Gasteiger charge is -2.35. The number of aliphatic carboxylic acids is 1. The van der Waals surface area contributed by atoms with Crippen LogP contribution < -0.4 is 4.74 Å². The summed E-state index contributed by atoms with van der Waals surface area (Å²) >= 11 is 0. The lowest BCUT2D eigenvalue weighted by molar-refractivity contribution is -0.238. The molecule has 1 heterocycles. The highest BCUT2D eigenvalue weighted by Gasteiger charge is 2.41. The Balaban J connectivity index is 2.04. The molecule has 144 valence electrons.